The van der Waals surface area contributed by atoms with Gasteiger partial charge in [-0.25, -0.2) is 4.79 Å². The quantitative estimate of drug-likeness (QED) is 0.666. The number of aromatic carboxylic acids is 1. The number of rotatable bonds is 2. The van der Waals surface area contributed by atoms with Crippen molar-refractivity contribution in [2.45, 2.75) is 19.9 Å². The van der Waals surface area contributed by atoms with Gasteiger partial charge in [0.2, 0.25) is 0 Å². The summed E-state index contributed by atoms with van der Waals surface area (Å²) in [5.41, 5.74) is 6.81. The number of hydrogen-bond acceptors (Lipinski definition) is 3. The van der Waals surface area contributed by atoms with Crippen LogP contribution in [0.3, 0.4) is 0 Å². The van der Waals surface area contributed by atoms with Crippen molar-refractivity contribution < 1.29 is 15.0 Å². The Kier molecular flexibility index (Phi) is 2.76. The molecule has 0 bridgehead atoms. The van der Waals surface area contributed by atoms with Crippen LogP contribution in [-0.4, -0.2) is 16.2 Å². The van der Waals surface area contributed by atoms with Gasteiger partial charge in [0.25, 0.3) is 0 Å². The molecule has 0 unspecified atom stereocenters. The van der Waals surface area contributed by atoms with Crippen LogP contribution in [0.2, 0.25) is 0 Å². The number of carboxylic acid groups (broad SMARTS) is 1. The van der Waals surface area contributed by atoms with Crippen molar-refractivity contribution in [2.24, 2.45) is 5.73 Å². The minimum Gasteiger partial charge on any atom is -0.507 e. The van der Waals surface area contributed by atoms with E-state index in [9.17, 15) is 9.90 Å². The Labute approximate surface area is 82.0 Å². The Bertz CT molecular complexity index is 372. The van der Waals surface area contributed by atoms with Crippen LogP contribution in [0.15, 0.2) is 12.1 Å². The van der Waals surface area contributed by atoms with Crippen LogP contribution in [0.4, 0.5) is 0 Å². The van der Waals surface area contributed by atoms with Crippen molar-refractivity contribution >= 4 is 5.97 Å². The molecule has 14 heavy (non-hydrogen) atoms. The minimum atomic E-state index is -1.15. The third-order valence-corrected chi connectivity index (χ3v) is 2.12. The molecule has 0 heterocycles. The van der Waals surface area contributed by atoms with Gasteiger partial charge in [0, 0.05) is 11.6 Å². The Hall–Kier alpha value is -1.55. The summed E-state index contributed by atoms with van der Waals surface area (Å²) in [7, 11) is 0. The highest BCUT2D eigenvalue weighted by molar-refractivity contribution is 5.91. The normalized spacial score (nSPS) is 12.5. The molecule has 1 rings (SSSR count). The number of nitrogens with two attached hydrogens (primary N) is 1. The molecule has 4 N–H and O–H groups in total. The van der Waals surface area contributed by atoms with Gasteiger partial charge in [0.15, 0.2) is 0 Å². The first-order valence-electron chi connectivity index (χ1n) is 4.26. The molecule has 4 heteroatoms. The lowest BCUT2D eigenvalue weighted by atomic mass is 9.98. The first-order chi connectivity index (χ1) is 6.45. The average molecular weight is 195 g/mol. The molecule has 0 saturated heterocycles. The maximum atomic E-state index is 10.7. The smallest absolute Gasteiger partial charge is 0.339 e. The number of carboxylic acids is 1. The number of aromatic hydroxyl groups is 1. The van der Waals surface area contributed by atoms with E-state index in [4.69, 9.17) is 10.8 Å². The fourth-order valence-electron chi connectivity index (χ4n) is 1.46. The third kappa shape index (κ3) is 1.70. The van der Waals surface area contributed by atoms with E-state index in [1.165, 1.54) is 6.07 Å². The second kappa shape index (κ2) is 3.67. The topological polar surface area (TPSA) is 83.5 Å². The lowest BCUT2D eigenvalue weighted by molar-refractivity contribution is 0.0693. The summed E-state index contributed by atoms with van der Waals surface area (Å²) in [6.07, 6.45) is 0. The standard InChI is InChI=1S/C10H13NO3/c1-5-3-4-7(10(13)14)9(12)8(5)6(2)11/h3-4,6,12H,11H2,1-2H3,(H,13,14)/t6-/m0/s1. The lowest BCUT2D eigenvalue weighted by Crippen LogP contribution is -2.09. The monoisotopic (exact) mass is 195 g/mol. The molecule has 1 atom stereocenters. The van der Waals surface area contributed by atoms with Crippen molar-refractivity contribution in [2.75, 3.05) is 0 Å². The summed E-state index contributed by atoms with van der Waals surface area (Å²) in [6, 6.07) is 2.63. The Morgan fingerprint density at radius 3 is 2.50 bits per heavy atom. The lowest BCUT2D eigenvalue weighted by Gasteiger charge is -2.13. The number of hydrogen-bond donors (Lipinski definition) is 3. The number of benzene rings is 1. The predicted molar refractivity (Wildman–Crippen MR) is 52.4 cm³/mol. The number of aryl methyl sites for hydroxylation is 1. The summed E-state index contributed by atoms with van der Waals surface area (Å²) < 4.78 is 0. The van der Waals surface area contributed by atoms with E-state index in [1.54, 1.807) is 19.9 Å². The van der Waals surface area contributed by atoms with E-state index in [-0.39, 0.29) is 17.4 Å². The summed E-state index contributed by atoms with van der Waals surface area (Å²) in [5.74, 6) is -1.38. The predicted octanol–water partition coefficient (Wildman–Crippen LogP) is 1.42. The Morgan fingerprint density at radius 2 is 2.07 bits per heavy atom. The van der Waals surface area contributed by atoms with Gasteiger partial charge < -0.3 is 15.9 Å². The Balaban J connectivity index is 3.41. The zero-order chi connectivity index (χ0) is 10.9. The highest BCUT2D eigenvalue weighted by Crippen LogP contribution is 2.29. The van der Waals surface area contributed by atoms with Gasteiger partial charge in [-0.15, -0.1) is 0 Å². The van der Waals surface area contributed by atoms with Crippen LogP contribution in [0.5, 0.6) is 5.75 Å². The summed E-state index contributed by atoms with van der Waals surface area (Å²) in [6.45, 7) is 3.48. The van der Waals surface area contributed by atoms with Crippen LogP contribution in [0, 0.1) is 6.92 Å². The number of carbonyl (C=O) groups is 1. The summed E-state index contributed by atoms with van der Waals surface area (Å²) in [5, 5.41) is 18.4. The van der Waals surface area contributed by atoms with Crippen LogP contribution >= 0.6 is 0 Å². The zero-order valence-corrected chi connectivity index (χ0v) is 8.11. The van der Waals surface area contributed by atoms with Crippen LogP contribution < -0.4 is 5.73 Å². The van der Waals surface area contributed by atoms with Crippen molar-refractivity contribution in [1.29, 1.82) is 0 Å². The second-order valence-electron chi connectivity index (χ2n) is 3.29. The van der Waals surface area contributed by atoms with Gasteiger partial charge >= 0.3 is 5.97 Å². The van der Waals surface area contributed by atoms with Gasteiger partial charge in [-0.05, 0) is 25.5 Å². The molecule has 0 saturated carbocycles. The summed E-state index contributed by atoms with van der Waals surface area (Å²) >= 11 is 0. The zero-order valence-electron chi connectivity index (χ0n) is 8.11. The van der Waals surface area contributed by atoms with Gasteiger partial charge in [-0.3, -0.25) is 0 Å². The van der Waals surface area contributed by atoms with Crippen molar-refractivity contribution in [3.05, 3.63) is 28.8 Å². The fourth-order valence-corrected chi connectivity index (χ4v) is 1.46. The average Bonchev–Trinajstić information content (AvgIpc) is 2.02. The Morgan fingerprint density at radius 1 is 1.50 bits per heavy atom. The first-order valence-corrected chi connectivity index (χ1v) is 4.26. The fraction of sp³-hybridized carbons (Fsp3) is 0.300. The molecule has 1 aromatic rings. The van der Waals surface area contributed by atoms with Crippen molar-refractivity contribution in [3.8, 4) is 5.75 Å². The molecule has 76 valence electrons. The van der Waals surface area contributed by atoms with Gasteiger partial charge in [-0.2, -0.15) is 0 Å². The molecule has 0 spiro atoms. The number of phenols is 1. The maximum Gasteiger partial charge on any atom is 0.339 e. The van der Waals surface area contributed by atoms with Crippen molar-refractivity contribution in [3.63, 3.8) is 0 Å². The first kappa shape index (κ1) is 10.5. The molecule has 0 aliphatic rings. The molecule has 0 aromatic heterocycles. The van der Waals surface area contributed by atoms with E-state index < -0.39 is 5.97 Å². The molecule has 4 nitrogen and oxygen atoms in total. The molecule has 0 amide bonds. The van der Waals surface area contributed by atoms with Gasteiger partial charge in [0.1, 0.15) is 11.3 Å². The molecule has 0 radical (unpaired) electrons. The molecule has 1 aromatic carbocycles. The maximum absolute atomic E-state index is 10.7. The van der Waals surface area contributed by atoms with Crippen molar-refractivity contribution in [1.82, 2.24) is 0 Å². The highest BCUT2D eigenvalue weighted by atomic mass is 16.4. The van der Waals surface area contributed by atoms with Crippen LogP contribution in [-0.2, 0) is 0 Å². The largest absolute Gasteiger partial charge is 0.507 e. The van der Waals surface area contributed by atoms with Crippen LogP contribution in [0.25, 0.3) is 0 Å². The summed E-state index contributed by atoms with van der Waals surface area (Å²) in [4.78, 5) is 10.7. The molecular weight excluding hydrogens is 182 g/mol. The minimum absolute atomic E-state index is 0.108. The highest BCUT2D eigenvalue weighted by Gasteiger charge is 2.17. The molecule has 0 aliphatic carbocycles. The van der Waals surface area contributed by atoms with E-state index >= 15 is 0 Å². The molecule has 0 aliphatic heterocycles. The van der Waals surface area contributed by atoms with E-state index in [2.05, 4.69) is 0 Å². The molecular formula is C10H13NO3. The van der Waals surface area contributed by atoms with Crippen LogP contribution in [0.1, 0.15) is 34.5 Å². The van der Waals surface area contributed by atoms with E-state index in [1.807, 2.05) is 0 Å². The third-order valence-electron chi connectivity index (χ3n) is 2.12. The molecule has 0 fully saturated rings. The van der Waals surface area contributed by atoms with Gasteiger partial charge in [-0.1, -0.05) is 6.07 Å². The SMILES string of the molecule is Cc1ccc(C(=O)O)c(O)c1[C@H](C)N. The van der Waals surface area contributed by atoms with Gasteiger partial charge in [0.05, 0.1) is 0 Å². The van der Waals surface area contributed by atoms with E-state index in [0.29, 0.717) is 5.56 Å². The second-order valence-corrected chi connectivity index (χ2v) is 3.29. The van der Waals surface area contributed by atoms with E-state index in [0.717, 1.165) is 5.56 Å².